The van der Waals surface area contributed by atoms with Gasteiger partial charge in [-0.2, -0.15) is 0 Å². The quantitative estimate of drug-likeness (QED) is 0.745. The van der Waals surface area contributed by atoms with Crippen LogP contribution in [0, 0.1) is 11.8 Å². The lowest BCUT2D eigenvalue weighted by atomic mass is 9.67. The monoisotopic (exact) mass is 411 g/mol. The maximum atomic E-state index is 13.2. The van der Waals surface area contributed by atoms with Crippen LogP contribution in [0.15, 0.2) is 18.2 Å². The molecule has 0 aromatic heterocycles. The first-order valence-electron chi connectivity index (χ1n) is 11.4. The molecule has 6 heteroatoms. The molecule has 2 fully saturated rings. The Balaban J connectivity index is 1.42. The number of aryl methyl sites for hydroxylation is 2. The van der Waals surface area contributed by atoms with Crippen molar-refractivity contribution in [3.8, 4) is 0 Å². The lowest BCUT2D eigenvalue weighted by molar-refractivity contribution is -0.139. The Morgan fingerprint density at radius 3 is 2.50 bits per heavy atom. The number of urea groups is 1. The van der Waals surface area contributed by atoms with Crippen LogP contribution in [-0.2, 0) is 22.4 Å². The van der Waals surface area contributed by atoms with E-state index >= 15 is 0 Å². The zero-order valence-electron chi connectivity index (χ0n) is 18.3. The van der Waals surface area contributed by atoms with Crippen LogP contribution in [0.4, 0.5) is 4.79 Å². The van der Waals surface area contributed by atoms with Crippen LogP contribution >= 0.6 is 0 Å². The Hall–Kier alpha value is -2.37. The van der Waals surface area contributed by atoms with Crippen molar-refractivity contribution in [1.29, 1.82) is 0 Å². The van der Waals surface area contributed by atoms with Gasteiger partial charge in [0.25, 0.3) is 5.91 Å². The Bertz CT molecular complexity index is 855. The minimum Gasteiger partial charge on any atom is -0.348 e. The van der Waals surface area contributed by atoms with E-state index in [-0.39, 0.29) is 36.2 Å². The summed E-state index contributed by atoms with van der Waals surface area (Å²) < 4.78 is 0. The molecular formula is C24H33N3O3. The first-order valence-corrected chi connectivity index (χ1v) is 11.4. The van der Waals surface area contributed by atoms with Gasteiger partial charge in [0.15, 0.2) is 0 Å². The summed E-state index contributed by atoms with van der Waals surface area (Å²) in [7, 11) is 0. The lowest BCUT2D eigenvalue weighted by Gasteiger charge is -2.42. The fourth-order valence-electron chi connectivity index (χ4n) is 5.63. The molecule has 1 spiro atoms. The van der Waals surface area contributed by atoms with Gasteiger partial charge >= 0.3 is 6.03 Å². The molecule has 162 valence electrons. The van der Waals surface area contributed by atoms with E-state index in [1.807, 2.05) is 20.8 Å². The molecule has 0 radical (unpaired) electrons. The molecule has 4 rings (SSSR count). The van der Waals surface area contributed by atoms with E-state index in [1.165, 1.54) is 24.0 Å². The molecule has 1 heterocycles. The molecule has 2 N–H and O–H groups in total. The van der Waals surface area contributed by atoms with Crippen LogP contribution in [-0.4, -0.2) is 34.8 Å². The van der Waals surface area contributed by atoms with Gasteiger partial charge in [-0.3, -0.25) is 14.5 Å². The highest BCUT2D eigenvalue weighted by Crippen LogP contribution is 2.42. The third-order valence-electron chi connectivity index (χ3n) is 7.54. The first kappa shape index (κ1) is 20.9. The second-order valence-corrected chi connectivity index (χ2v) is 9.45. The number of imide groups is 1. The Morgan fingerprint density at radius 1 is 1.13 bits per heavy atom. The Labute approximate surface area is 178 Å². The molecule has 3 aliphatic rings. The Kier molecular flexibility index (Phi) is 5.60. The largest absolute Gasteiger partial charge is 0.348 e. The number of hydrogen-bond acceptors (Lipinski definition) is 3. The number of amides is 4. The van der Waals surface area contributed by atoms with E-state index in [0.717, 1.165) is 42.6 Å². The van der Waals surface area contributed by atoms with E-state index in [0.29, 0.717) is 0 Å². The molecule has 1 aromatic rings. The van der Waals surface area contributed by atoms with Crippen LogP contribution in [0.3, 0.4) is 0 Å². The summed E-state index contributed by atoms with van der Waals surface area (Å²) >= 11 is 0. The van der Waals surface area contributed by atoms with E-state index in [2.05, 4.69) is 28.8 Å². The summed E-state index contributed by atoms with van der Waals surface area (Å²) in [6, 6.07) is 5.81. The van der Waals surface area contributed by atoms with E-state index in [4.69, 9.17) is 0 Å². The molecule has 1 aromatic carbocycles. The zero-order valence-corrected chi connectivity index (χ0v) is 18.3. The van der Waals surface area contributed by atoms with Gasteiger partial charge < -0.3 is 10.6 Å². The third kappa shape index (κ3) is 3.50. The number of rotatable bonds is 4. The van der Waals surface area contributed by atoms with Crippen molar-refractivity contribution < 1.29 is 14.4 Å². The minimum atomic E-state index is -0.861. The third-order valence-corrected chi connectivity index (χ3v) is 7.54. The number of nitrogens with one attached hydrogen (secondary N) is 2. The van der Waals surface area contributed by atoms with E-state index in [1.54, 1.807) is 0 Å². The summed E-state index contributed by atoms with van der Waals surface area (Å²) in [5, 5.41) is 5.92. The SMILES string of the molecule is C[C@H](NC(=O)CN1C(=O)NC2(C1=O)[C@H](C)CCC[C@@H]2C)c1ccc2c(c1)CCCC2. The highest BCUT2D eigenvalue weighted by Gasteiger charge is 2.58. The van der Waals surface area contributed by atoms with Crippen LogP contribution in [0.5, 0.6) is 0 Å². The highest BCUT2D eigenvalue weighted by molar-refractivity contribution is 6.09. The summed E-state index contributed by atoms with van der Waals surface area (Å²) in [4.78, 5) is 39.7. The van der Waals surface area contributed by atoms with Gasteiger partial charge in [0.2, 0.25) is 5.91 Å². The summed E-state index contributed by atoms with van der Waals surface area (Å²) in [5.74, 6) is -0.416. The molecule has 30 heavy (non-hydrogen) atoms. The van der Waals surface area contributed by atoms with Crippen LogP contribution in [0.2, 0.25) is 0 Å². The zero-order chi connectivity index (χ0) is 21.5. The van der Waals surface area contributed by atoms with Crippen molar-refractivity contribution >= 4 is 17.8 Å². The standard InChI is InChI=1S/C24H33N3O3/c1-15-7-6-8-16(2)24(15)22(29)27(23(30)26-24)14-21(28)25-17(3)19-12-11-18-9-4-5-10-20(18)13-19/h11-13,15-17H,4-10,14H2,1-3H3,(H,25,28)(H,26,30)/t15-,16+,17-,24?/m0/s1. The number of benzene rings is 1. The Morgan fingerprint density at radius 2 is 1.80 bits per heavy atom. The second kappa shape index (κ2) is 8.05. The highest BCUT2D eigenvalue weighted by atomic mass is 16.2. The molecule has 1 aliphatic heterocycles. The predicted octanol–water partition coefficient (Wildman–Crippen LogP) is 3.49. The van der Waals surface area contributed by atoms with Gasteiger partial charge in [0, 0.05) is 0 Å². The normalized spacial score (nSPS) is 29.5. The van der Waals surface area contributed by atoms with Crippen molar-refractivity contribution in [2.75, 3.05) is 6.54 Å². The average Bonchev–Trinajstić information content (AvgIpc) is 2.97. The smallest absolute Gasteiger partial charge is 0.325 e. The summed E-state index contributed by atoms with van der Waals surface area (Å²) in [6.45, 7) is 5.76. The lowest BCUT2D eigenvalue weighted by Crippen LogP contribution is -2.59. The van der Waals surface area contributed by atoms with Gasteiger partial charge in [0.05, 0.1) is 6.04 Å². The maximum Gasteiger partial charge on any atom is 0.325 e. The van der Waals surface area contributed by atoms with Crippen LogP contribution in [0.1, 0.15) is 75.6 Å². The molecule has 1 unspecified atom stereocenters. The number of carbonyl (C=O) groups excluding carboxylic acids is 3. The van der Waals surface area contributed by atoms with E-state index < -0.39 is 11.6 Å². The van der Waals surface area contributed by atoms with Gasteiger partial charge in [0.1, 0.15) is 12.1 Å². The van der Waals surface area contributed by atoms with Crippen molar-refractivity contribution in [2.24, 2.45) is 11.8 Å². The molecule has 2 aliphatic carbocycles. The molecular weight excluding hydrogens is 378 g/mol. The molecule has 1 saturated heterocycles. The maximum absolute atomic E-state index is 13.2. The van der Waals surface area contributed by atoms with Crippen molar-refractivity contribution in [2.45, 2.75) is 77.3 Å². The van der Waals surface area contributed by atoms with Gasteiger partial charge in [-0.15, -0.1) is 0 Å². The number of fused-ring (bicyclic) bond motifs is 1. The summed E-state index contributed by atoms with van der Waals surface area (Å²) in [6.07, 6.45) is 7.54. The fraction of sp³-hybridized carbons (Fsp3) is 0.625. The van der Waals surface area contributed by atoms with Gasteiger partial charge in [-0.1, -0.05) is 38.5 Å². The van der Waals surface area contributed by atoms with Gasteiger partial charge in [-0.25, -0.2) is 4.79 Å². The van der Waals surface area contributed by atoms with Crippen molar-refractivity contribution in [3.05, 3.63) is 34.9 Å². The first-order chi connectivity index (χ1) is 14.3. The number of hydrogen-bond donors (Lipinski definition) is 2. The summed E-state index contributed by atoms with van der Waals surface area (Å²) in [5.41, 5.74) is 2.98. The van der Waals surface area contributed by atoms with Crippen molar-refractivity contribution in [3.63, 3.8) is 0 Å². The van der Waals surface area contributed by atoms with Gasteiger partial charge in [-0.05, 0) is 74.0 Å². The molecule has 6 nitrogen and oxygen atoms in total. The van der Waals surface area contributed by atoms with Crippen molar-refractivity contribution in [1.82, 2.24) is 15.5 Å². The fourth-order valence-corrected chi connectivity index (χ4v) is 5.63. The molecule has 4 amide bonds. The molecule has 1 saturated carbocycles. The van der Waals surface area contributed by atoms with Crippen LogP contribution in [0.25, 0.3) is 0 Å². The minimum absolute atomic E-state index is 0.0696. The number of nitrogens with zero attached hydrogens (tertiary/aromatic N) is 1. The average molecular weight is 412 g/mol. The van der Waals surface area contributed by atoms with Crippen LogP contribution < -0.4 is 10.6 Å². The number of carbonyl (C=O) groups is 3. The predicted molar refractivity (Wildman–Crippen MR) is 115 cm³/mol. The second-order valence-electron chi connectivity index (χ2n) is 9.45. The topological polar surface area (TPSA) is 78.5 Å². The van der Waals surface area contributed by atoms with E-state index in [9.17, 15) is 14.4 Å². The molecule has 0 bridgehead atoms. The molecule has 4 atom stereocenters.